The fourth-order valence-electron chi connectivity index (χ4n) is 3.66. The molecule has 3 heterocycles. The van der Waals surface area contributed by atoms with Crippen LogP contribution in [-0.4, -0.2) is 39.0 Å². The van der Waals surface area contributed by atoms with Gasteiger partial charge in [-0.3, -0.25) is 4.90 Å². The third-order valence-electron chi connectivity index (χ3n) is 4.95. The lowest BCUT2D eigenvalue weighted by atomic mass is 9.93. The van der Waals surface area contributed by atoms with Gasteiger partial charge in [-0.1, -0.05) is 0 Å². The van der Waals surface area contributed by atoms with Crippen LogP contribution in [0.5, 0.6) is 0 Å². The van der Waals surface area contributed by atoms with Crippen LogP contribution in [0.25, 0.3) is 0 Å². The summed E-state index contributed by atoms with van der Waals surface area (Å²) in [6.07, 6.45) is 4.10. The van der Waals surface area contributed by atoms with Crippen LogP contribution < -0.4 is 5.73 Å². The molecule has 5 nitrogen and oxygen atoms in total. The molecule has 0 aliphatic carbocycles. The van der Waals surface area contributed by atoms with E-state index in [1.165, 1.54) is 11.6 Å². The second-order valence-electron chi connectivity index (χ2n) is 6.56. The Morgan fingerprint density at radius 3 is 2.88 bits per heavy atom. The third-order valence-corrected chi connectivity index (χ3v) is 5.51. The normalized spacial score (nSPS) is 26.8. The maximum atomic E-state index is 14.0. The number of ether oxygens (including phenoxy) is 1. The molecule has 1 unspecified atom stereocenters. The summed E-state index contributed by atoms with van der Waals surface area (Å²) < 4.78 is 35.2. The predicted octanol–water partition coefficient (Wildman–Crippen LogP) is 2.46. The van der Waals surface area contributed by atoms with Crippen molar-refractivity contribution >= 4 is 11.9 Å². The van der Waals surface area contributed by atoms with E-state index in [2.05, 4.69) is 16.2 Å². The quantitative estimate of drug-likeness (QED) is 0.904. The molecule has 1 saturated heterocycles. The second kappa shape index (κ2) is 6.68. The van der Waals surface area contributed by atoms with E-state index in [-0.39, 0.29) is 17.6 Å². The molecule has 8 heteroatoms. The van der Waals surface area contributed by atoms with Crippen LogP contribution in [-0.2, 0) is 17.8 Å². The standard InChI is InChI=1S/C17H20F2N4OS/c1-25-23-7-10-6-22(8-16(10)21-23)12-5-15(20)17(24-9-12)13-4-11(18)2-3-14(13)19/h2-4,7,12,15,17H,5-6,8-9,20H2,1H3/t12-,15?,17+/m0/s1. The van der Waals surface area contributed by atoms with Crippen molar-refractivity contribution < 1.29 is 13.5 Å². The van der Waals surface area contributed by atoms with Crippen molar-refractivity contribution in [2.75, 3.05) is 12.9 Å². The van der Waals surface area contributed by atoms with E-state index in [0.717, 1.165) is 30.9 Å². The second-order valence-corrected chi connectivity index (χ2v) is 7.30. The number of benzene rings is 1. The minimum absolute atomic E-state index is 0.153. The molecule has 2 aliphatic heterocycles. The lowest BCUT2D eigenvalue weighted by Crippen LogP contribution is -2.47. The molecular formula is C17H20F2N4OS. The number of nitrogens with two attached hydrogens (primary N) is 1. The summed E-state index contributed by atoms with van der Waals surface area (Å²) in [7, 11) is 0. The van der Waals surface area contributed by atoms with E-state index in [1.54, 1.807) is 11.9 Å². The summed E-state index contributed by atoms with van der Waals surface area (Å²) in [6, 6.07) is 3.17. The summed E-state index contributed by atoms with van der Waals surface area (Å²) in [5.74, 6) is -0.960. The molecule has 1 fully saturated rings. The van der Waals surface area contributed by atoms with Gasteiger partial charge in [0.1, 0.15) is 17.7 Å². The van der Waals surface area contributed by atoms with Crippen molar-refractivity contribution in [2.24, 2.45) is 5.73 Å². The van der Waals surface area contributed by atoms with Gasteiger partial charge in [0.05, 0.1) is 12.3 Å². The van der Waals surface area contributed by atoms with Crippen molar-refractivity contribution in [3.05, 3.63) is 52.9 Å². The Hall–Kier alpha value is -1.48. The lowest BCUT2D eigenvalue weighted by molar-refractivity contribution is -0.0533. The molecule has 4 rings (SSSR count). The van der Waals surface area contributed by atoms with Gasteiger partial charge < -0.3 is 10.5 Å². The van der Waals surface area contributed by atoms with Crippen molar-refractivity contribution in [2.45, 2.75) is 37.7 Å². The Balaban J connectivity index is 1.43. The summed E-state index contributed by atoms with van der Waals surface area (Å²) in [4.78, 5) is 2.29. The molecule has 0 saturated carbocycles. The molecule has 2 N–H and O–H groups in total. The predicted molar refractivity (Wildman–Crippen MR) is 91.8 cm³/mol. The van der Waals surface area contributed by atoms with Crippen molar-refractivity contribution in [3.63, 3.8) is 0 Å². The Kier molecular flexibility index (Phi) is 4.53. The highest BCUT2D eigenvalue weighted by molar-refractivity contribution is 7.97. The third kappa shape index (κ3) is 3.19. The molecule has 0 spiro atoms. The van der Waals surface area contributed by atoms with Gasteiger partial charge in [0.2, 0.25) is 0 Å². The van der Waals surface area contributed by atoms with Gasteiger partial charge in [0, 0.05) is 48.8 Å². The summed E-state index contributed by atoms with van der Waals surface area (Å²) >= 11 is 1.57. The number of fused-ring (bicyclic) bond motifs is 1. The average Bonchev–Trinajstić information content (AvgIpc) is 3.15. The maximum Gasteiger partial charge on any atom is 0.129 e. The summed E-state index contributed by atoms with van der Waals surface area (Å²) in [5.41, 5.74) is 8.76. The first-order valence-corrected chi connectivity index (χ1v) is 9.41. The van der Waals surface area contributed by atoms with Crippen LogP contribution in [0.2, 0.25) is 0 Å². The zero-order chi connectivity index (χ0) is 17.6. The molecule has 2 aromatic rings. The lowest BCUT2D eigenvalue weighted by Gasteiger charge is -2.38. The van der Waals surface area contributed by atoms with Crippen LogP contribution in [0.15, 0.2) is 24.4 Å². The van der Waals surface area contributed by atoms with Crippen molar-refractivity contribution in [1.82, 2.24) is 14.1 Å². The fraction of sp³-hybridized carbons (Fsp3) is 0.471. The van der Waals surface area contributed by atoms with Crippen LogP contribution in [0, 0.1) is 11.6 Å². The van der Waals surface area contributed by atoms with Crippen LogP contribution >= 0.6 is 11.9 Å². The Morgan fingerprint density at radius 1 is 1.32 bits per heavy atom. The highest BCUT2D eigenvalue weighted by Crippen LogP contribution is 2.34. The Labute approximate surface area is 149 Å². The smallest absolute Gasteiger partial charge is 0.129 e. The molecule has 2 aliphatic rings. The molecule has 0 bridgehead atoms. The van der Waals surface area contributed by atoms with Crippen molar-refractivity contribution in [1.29, 1.82) is 0 Å². The van der Waals surface area contributed by atoms with E-state index >= 15 is 0 Å². The summed E-state index contributed by atoms with van der Waals surface area (Å²) in [5, 5.41) is 4.53. The number of hydrogen-bond acceptors (Lipinski definition) is 5. The minimum atomic E-state index is -0.613. The highest BCUT2D eigenvalue weighted by atomic mass is 32.2. The van der Waals surface area contributed by atoms with Crippen molar-refractivity contribution in [3.8, 4) is 0 Å². The number of halogens is 2. The first-order valence-electron chi connectivity index (χ1n) is 8.23. The number of hydrogen-bond donors (Lipinski definition) is 1. The number of rotatable bonds is 3. The van der Waals surface area contributed by atoms with Gasteiger partial charge in [0.15, 0.2) is 0 Å². The molecule has 1 aromatic heterocycles. The van der Waals surface area contributed by atoms with E-state index in [4.69, 9.17) is 10.5 Å². The van der Waals surface area contributed by atoms with Crippen LogP contribution in [0.3, 0.4) is 0 Å². The van der Waals surface area contributed by atoms with Gasteiger partial charge in [-0.2, -0.15) is 5.10 Å². The minimum Gasteiger partial charge on any atom is -0.370 e. The van der Waals surface area contributed by atoms with Gasteiger partial charge >= 0.3 is 0 Å². The van der Waals surface area contributed by atoms with E-state index in [1.807, 2.05) is 10.3 Å². The number of nitrogens with zero attached hydrogens (tertiary/aromatic N) is 3. The average molecular weight is 366 g/mol. The molecule has 0 radical (unpaired) electrons. The van der Waals surface area contributed by atoms with Gasteiger partial charge in [-0.05, 0) is 36.6 Å². The maximum absolute atomic E-state index is 14.0. The van der Waals surface area contributed by atoms with E-state index in [9.17, 15) is 8.78 Å². The van der Waals surface area contributed by atoms with Gasteiger partial charge in [-0.15, -0.1) is 0 Å². The van der Waals surface area contributed by atoms with E-state index in [0.29, 0.717) is 13.0 Å². The van der Waals surface area contributed by atoms with Crippen LogP contribution in [0.4, 0.5) is 8.78 Å². The zero-order valence-electron chi connectivity index (χ0n) is 13.9. The van der Waals surface area contributed by atoms with Crippen LogP contribution in [0.1, 0.15) is 29.3 Å². The first-order chi connectivity index (χ1) is 12.0. The molecule has 25 heavy (non-hydrogen) atoms. The summed E-state index contributed by atoms with van der Waals surface area (Å²) in [6.45, 7) is 2.03. The van der Waals surface area contributed by atoms with Gasteiger partial charge in [0.25, 0.3) is 0 Å². The number of aromatic nitrogens is 2. The molecule has 1 aromatic carbocycles. The zero-order valence-corrected chi connectivity index (χ0v) is 14.7. The molecular weight excluding hydrogens is 346 g/mol. The first kappa shape index (κ1) is 17.0. The monoisotopic (exact) mass is 366 g/mol. The largest absolute Gasteiger partial charge is 0.370 e. The Morgan fingerprint density at radius 2 is 2.16 bits per heavy atom. The Bertz CT molecular complexity index is 761. The fourth-order valence-corrected chi connectivity index (χ4v) is 4.07. The molecule has 0 amide bonds. The topological polar surface area (TPSA) is 56.3 Å². The molecule has 3 atom stereocenters. The van der Waals surface area contributed by atoms with E-state index < -0.39 is 17.7 Å². The molecule has 134 valence electrons. The SMILES string of the molecule is CSn1cc2c(n1)CN([C@@H]1CO[C@H](c3cc(F)ccc3F)C(N)C1)C2. The van der Waals surface area contributed by atoms with Gasteiger partial charge in [-0.25, -0.2) is 12.9 Å². The highest BCUT2D eigenvalue weighted by Gasteiger charge is 2.37.